The number of halogens is 1. The number of nitro benzene ring substituents is 1. The summed E-state index contributed by atoms with van der Waals surface area (Å²) in [6, 6.07) is 2.96. The van der Waals surface area contributed by atoms with Crippen LogP contribution in [-0.4, -0.2) is 19.8 Å². The summed E-state index contributed by atoms with van der Waals surface area (Å²) >= 11 is 3.20. The first-order valence-electron chi connectivity index (χ1n) is 6.14. The smallest absolute Gasteiger partial charge is 0.312 e. The van der Waals surface area contributed by atoms with Crippen molar-refractivity contribution in [1.29, 1.82) is 0 Å². The van der Waals surface area contributed by atoms with Crippen LogP contribution in [0.25, 0.3) is 0 Å². The Morgan fingerprint density at radius 1 is 1.57 bits per heavy atom. The molecule has 0 fully saturated rings. The number of aromatic nitrogens is 2. The number of aryl methyl sites for hydroxylation is 1. The predicted molar refractivity (Wildman–Crippen MR) is 79.0 cm³/mol. The van der Waals surface area contributed by atoms with E-state index >= 15 is 0 Å². The Bertz CT molecular complexity index is 669. The van der Waals surface area contributed by atoms with Crippen LogP contribution >= 0.6 is 15.9 Å². The molecule has 21 heavy (non-hydrogen) atoms. The fraction of sp³-hybridized carbons (Fsp3) is 0.308. The highest BCUT2D eigenvalue weighted by Gasteiger charge is 2.23. The van der Waals surface area contributed by atoms with E-state index in [-0.39, 0.29) is 18.0 Å². The van der Waals surface area contributed by atoms with Crippen LogP contribution in [0.5, 0.6) is 5.75 Å². The molecule has 8 heteroatoms. The van der Waals surface area contributed by atoms with E-state index in [4.69, 9.17) is 4.74 Å². The molecule has 2 rings (SSSR count). The molecule has 0 aliphatic heterocycles. The number of nitrogens with zero attached hydrogens (tertiary/aromatic N) is 3. The second-order valence-corrected chi connectivity index (χ2v) is 5.50. The zero-order chi connectivity index (χ0) is 15.6. The number of nitro groups is 1. The standard InChI is InChI=1S/C13H14BrN3O4/c1-8(18)11-3-10(14)4-12(17(19)20)13(11)21-7-9-5-15-16(2)6-9/h3-6,8,18H,7H2,1-2H3/t8-/m1/s1. The quantitative estimate of drug-likeness (QED) is 0.657. The van der Waals surface area contributed by atoms with Crippen LogP contribution < -0.4 is 4.74 Å². The minimum Gasteiger partial charge on any atom is -0.482 e. The van der Waals surface area contributed by atoms with Crippen LogP contribution in [0.2, 0.25) is 0 Å². The molecular formula is C13H14BrN3O4. The minimum atomic E-state index is -0.884. The molecule has 0 amide bonds. The number of rotatable bonds is 5. The van der Waals surface area contributed by atoms with Crippen LogP contribution in [0.3, 0.4) is 0 Å². The van der Waals surface area contributed by atoms with Crippen LogP contribution in [0.4, 0.5) is 5.69 Å². The summed E-state index contributed by atoms with van der Waals surface area (Å²) in [6.45, 7) is 1.67. The van der Waals surface area contributed by atoms with Gasteiger partial charge in [-0.15, -0.1) is 0 Å². The number of aliphatic hydroxyl groups excluding tert-OH is 1. The second-order valence-electron chi connectivity index (χ2n) is 4.59. The molecule has 1 aromatic heterocycles. The summed E-state index contributed by atoms with van der Waals surface area (Å²) in [5, 5.41) is 25.0. The van der Waals surface area contributed by atoms with Crippen molar-refractivity contribution < 1.29 is 14.8 Å². The average Bonchev–Trinajstić information content (AvgIpc) is 2.81. The SMILES string of the molecule is C[C@@H](O)c1cc(Br)cc([N+](=O)[O-])c1OCc1cnn(C)c1. The highest BCUT2D eigenvalue weighted by Crippen LogP contribution is 2.38. The molecule has 1 heterocycles. The predicted octanol–water partition coefficient (Wildman–Crippen LogP) is 2.72. The summed E-state index contributed by atoms with van der Waals surface area (Å²) in [6.07, 6.45) is 2.49. The van der Waals surface area contributed by atoms with Gasteiger partial charge in [-0.1, -0.05) is 15.9 Å². The maximum Gasteiger partial charge on any atom is 0.312 e. The van der Waals surface area contributed by atoms with Crippen LogP contribution in [0.1, 0.15) is 24.2 Å². The van der Waals surface area contributed by atoms with Gasteiger partial charge in [0.2, 0.25) is 5.75 Å². The van der Waals surface area contributed by atoms with Crippen molar-refractivity contribution in [2.45, 2.75) is 19.6 Å². The third kappa shape index (κ3) is 3.59. The topological polar surface area (TPSA) is 90.4 Å². The zero-order valence-corrected chi connectivity index (χ0v) is 13.1. The molecular weight excluding hydrogens is 342 g/mol. The highest BCUT2D eigenvalue weighted by atomic mass is 79.9. The number of ether oxygens (including phenoxy) is 1. The molecule has 2 aromatic rings. The molecule has 0 aliphatic carbocycles. The van der Waals surface area contributed by atoms with Crippen molar-refractivity contribution in [3.63, 3.8) is 0 Å². The second kappa shape index (κ2) is 6.23. The maximum atomic E-state index is 11.2. The Morgan fingerprint density at radius 2 is 2.29 bits per heavy atom. The fourth-order valence-corrected chi connectivity index (χ4v) is 2.37. The van der Waals surface area contributed by atoms with E-state index in [1.807, 2.05) is 0 Å². The Balaban J connectivity index is 2.37. The van der Waals surface area contributed by atoms with Crippen LogP contribution in [0, 0.1) is 10.1 Å². The van der Waals surface area contributed by atoms with Crippen molar-refractivity contribution in [2.24, 2.45) is 7.05 Å². The minimum absolute atomic E-state index is 0.0713. The van der Waals surface area contributed by atoms with Crippen LogP contribution in [0.15, 0.2) is 29.0 Å². The van der Waals surface area contributed by atoms with Gasteiger partial charge in [0, 0.05) is 34.9 Å². The number of benzene rings is 1. The van der Waals surface area contributed by atoms with Crippen LogP contribution in [-0.2, 0) is 13.7 Å². The monoisotopic (exact) mass is 355 g/mol. The summed E-state index contributed by atoms with van der Waals surface area (Å²) in [7, 11) is 1.77. The number of hydrogen-bond donors (Lipinski definition) is 1. The first-order chi connectivity index (χ1) is 9.88. The van der Waals surface area contributed by atoms with Gasteiger partial charge in [0.25, 0.3) is 0 Å². The lowest BCUT2D eigenvalue weighted by Crippen LogP contribution is -2.04. The third-order valence-electron chi connectivity index (χ3n) is 2.85. The molecule has 7 nitrogen and oxygen atoms in total. The van der Waals surface area contributed by atoms with Gasteiger partial charge in [0.1, 0.15) is 6.61 Å². The Morgan fingerprint density at radius 3 is 2.81 bits per heavy atom. The van der Waals surface area contributed by atoms with E-state index in [0.29, 0.717) is 10.0 Å². The van der Waals surface area contributed by atoms with E-state index in [9.17, 15) is 15.2 Å². The summed E-state index contributed by atoms with van der Waals surface area (Å²) in [5.74, 6) is 0.0713. The first-order valence-corrected chi connectivity index (χ1v) is 6.94. The first kappa shape index (κ1) is 15.5. The molecule has 112 valence electrons. The van der Waals surface area contributed by atoms with Gasteiger partial charge in [-0.2, -0.15) is 5.10 Å². The largest absolute Gasteiger partial charge is 0.482 e. The maximum absolute atomic E-state index is 11.2. The van der Waals surface area contributed by atoms with Crippen molar-refractivity contribution in [1.82, 2.24) is 9.78 Å². The zero-order valence-electron chi connectivity index (χ0n) is 11.5. The van der Waals surface area contributed by atoms with Gasteiger partial charge < -0.3 is 9.84 Å². The lowest BCUT2D eigenvalue weighted by molar-refractivity contribution is -0.386. The van der Waals surface area contributed by atoms with Crippen molar-refractivity contribution in [3.8, 4) is 5.75 Å². The number of hydrogen-bond acceptors (Lipinski definition) is 5. The van der Waals surface area contributed by atoms with Gasteiger partial charge >= 0.3 is 5.69 Å². The summed E-state index contributed by atoms with van der Waals surface area (Å²) < 4.78 is 7.70. The van der Waals surface area contributed by atoms with E-state index in [1.54, 1.807) is 30.2 Å². The Hall–Kier alpha value is -1.93. The molecule has 1 N–H and O–H groups in total. The molecule has 1 atom stereocenters. The van der Waals surface area contributed by atoms with Crippen molar-refractivity contribution in [3.05, 3.63) is 50.2 Å². The lowest BCUT2D eigenvalue weighted by Gasteiger charge is -2.13. The molecule has 1 aromatic carbocycles. The molecule has 0 bridgehead atoms. The number of aliphatic hydroxyl groups is 1. The van der Waals surface area contributed by atoms with Gasteiger partial charge in [-0.05, 0) is 13.0 Å². The van der Waals surface area contributed by atoms with Gasteiger partial charge in [-0.3, -0.25) is 14.8 Å². The van der Waals surface area contributed by atoms with Gasteiger partial charge in [-0.25, -0.2) is 0 Å². The average molecular weight is 356 g/mol. The van der Waals surface area contributed by atoms with E-state index < -0.39 is 11.0 Å². The van der Waals surface area contributed by atoms with E-state index in [2.05, 4.69) is 21.0 Å². The van der Waals surface area contributed by atoms with E-state index in [0.717, 1.165) is 5.56 Å². The van der Waals surface area contributed by atoms with Gasteiger partial charge in [0.15, 0.2) is 0 Å². The lowest BCUT2D eigenvalue weighted by atomic mass is 10.1. The van der Waals surface area contributed by atoms with E-state index in [1.165, 1.54) is 13.0 Å². The normalized spacial score (nSPS) is 12.2. The third-order valence-corrected chi connectivity index (χ3v) is 3.31. The summed E-state index contributed by atoms with van der Waals surface area (Å²) in [4.78, 5) is 10.6. The molecule has 0 aliphatic rings. The molecule has 0 unspecified atom stereocenters. The molecule has 0 saturated heterocycles. The Kier molecular flexibility index (Phi) is 4.59. The van der Waals surface area contributed by atoms with Crippen molar-refractivity contribution >= 4 is 21.6 Å². The summed E-state index contributed by atoms with van der Waals surface area (Å²) in [5.41, 5.74) is 0.954. The molecule has 0 saturated carbocycles. The molecule has 0 spiro atoms. The highest BCUT2D eigenvalue weighted by molar-refractivity contribution is 9.10. The van der Waals surface area contributed by atoms with Crippen molar-refractivity contribution in [2.75, 3.05) is 0 Å². The molecule has 0 radical (unpaired) electrons. The Labute approximate surface area is 129 Å². The van der Waals surface area contributed by atoms with Gasteiger partial charge in [0.05, 0.1) is 17.2 Å². The fourth-order valence-electron chi connectivity index (χ4n) is 1.90.